The van der Waals surface area contributed by atoms with Crippen LogP contribution in [-0.2, 0) is 22.4 Å². The van der Waals surface area contributed by atoms with Crippen LogP contribution in [0.25, 0.3) is 0 Å². The number of nitrogens with zero attached hydrogens (tertiary/aromatic N) is 3. The van der Waals surface area contributed by atoms with Gasteiger partial charge < -0.3 is 14.9 Å². The molecule has 0 bridgehead atoms. The summed E-state index contributed by atoms with van der Waals surface area (Å²) in [7, 11) is 1.18. The third kappa shape index (κ3) is 3.90. The maximum Gasteiger partial charge on any atom is 0.310 e. The SMILES string of the molecule is COC(=O)Cc1c(O)nc(Cc2ccc([N+](=O)[O-])cc2)nc1O. The molecule has 2 rings (SSSR count). The first-order valence-corrected chi connectivity index (χ1v) is 6.48. The first-order valence-electron chi connectivity index (χ1n) is 6.48. The molecule has 2 N–H and O–H groups in total. The Morgan fingerprint density at radius 1 is 1.22 bits per heavy atom. The van der Waals surface area contributed by atoms with Crippen molar-refractivity contribution in [1.29, 1.82) is 0 Å². The molecule has 9 nitrogen and oxygen atoms in total. The van der Waals surface area contributed by atoms with Crippen molar-refractivity contribution in [2.45, 2.75) is 12.8 Å². The summed E-state index contributed by atoms with van der Waals surface area (Å²) in [4.78, 5) is 28.9. The molecule has 0 atom stereocenters. The number of ether oxygens (including phenoxy) is 1. The van der Waals surface area contributed by atoms with Gasteiger partial charge in [0.25, 0.3) is 5.69 Å². The minimum absolute atomic E-state index is 0.0474. The number of carbonyl (C=O) groups is 1. The number of nitro benzene ring substituents is 1. The molecule has 0 fully saturated rings. The maximum absolute atomic E-state index is 11.2. The zero-order chi connectivity index (χ0) is 17.0. The molecular formula is C14H13N3O6. The van der Waals surface area contributed by atoms with Gasteiger partial charge in [0, 0.05) is 18.6 Å². The van der Waals surface area contributed by atoms with Gasteiger partial charge in [-0.2, -0.15) is 9.97 Å². The molecule has 0 saturated carbocycles. The van der Waals surface area contributed by atoms with Crippen molar-refractivity contribution >= 4 is 11.7 Å². The van der Waals surface area contributed by atoms with Crippen LogP contribution < -0.4 is 0 Å². The summed E-state index contributed by atoms with van der Waals surface area (Å²) in [6.07, 6.45) is -0.205. The lowest BCUT2D eigenvalue weighted by atomic mass is 10.1. The molecule has 0 saturated heterocycles. The van der Waals surface area contributed by atoms with Crippen LogP contribution in [0.1, 0.15) is 17.0 Å². The molecular weight excluding hydrogens is 306 g/mol. The highest BCUT2D eigenvalue weighted by Gasteiger charge is 2.17. The van der Waals surface area contributed by atoms with E-state index in [0.717, 1.165) is 0 Å². The summed E-state index contributed by atoms with van der Waals surface area (Å²) in [5.74, 6) is -1.57. The number of aromatic nitrogens is 2. The monoisotopic (exact) mass is 319 g/mol. The normalized spacial score (nSPS) is 10.3. The minimum atomic E-state index is -0.651. The highest BCUT2D eigenvalue weighted by molar-refractivity contribution is 5.73. The Morgan fingerprint density at radius 2 is 1.78 bits per heavy atom. The van der Waals surface area contributed by atoms with Crippen molar-refractivity contribution < 1.29 is 24.7 Å². The van der Waals surface area contributed by atoms with Crippen molar-refractivity contribution in [1.82, 2.24) is 9.97 Å². The summed E-state index contributed by atoms with van der Waals surface area (Å²) >= 11 is 0. The molecule has 1 heterocycles. The van der Waals surface area contributed by atoms with Gasteiger partial charge >= 0.3 is 5.97 Å². The Balaban J connectivity index is 2.21. The standard InChI is InChI=1S/C14H13N3O6/c1-23-12(18)7-10-13(19)15-11(16-14(10)20)6-8-2-4-9(5-3-8)17(21)22/h2-5H,6-7H2,1H3,(H2,15,16,19,20). The van der Waals surface area contributed by atoms with Gasteiger partial charge in [-0.25, -0.2) is 0 Å². The molecule has 120 valence electrons. The largest absolute Gasteiger partial charge is 0.493 e. The Bertz CT molecular complexity index is 722. The number of hydrogen-bond donors (Lipinski definition) is 2. The van der Waals surface area contributed by atoms with Crippen LogP contribution in [-0.4, -0.2) is 38.2 Å². The van der Waals surface area contributed by atoms with E-state index >= 15 is 0 Å². The second-order valence-corrected chi connectivity index (χ2v) is 4.62. The Morgan fingerprint density at radius 3 is 2.26 bits per heavy atom. The van der Waals surface area contributed by atoms with E-state index in [2.05, 4.69) is 14.7 Å². The van der Waals surface area contributed by atoms with Crippen LogP contribution >= 0.6 is 0 Å². The second-order valence-electron chi connectivity index (χ2n) is 4.62. The first-order chi connectivity index (χ1) is 10.9. The molecule has 2 aromatic rings. The van der Waals surface area contributed by atoms with Crippen molar-refractivity contribution in [2.75, 3.05) is 7.11 Å². The summed E-state index contributed by atoms with van der Waals surface area (Å²) < 4.78 is 4.45. The number of rotatable bonds is 5. The fraction of sp³-hybridized carbons (Fsp3) is 0.214. The van der Waals surface area contributed by atoms with Crippen LogP contribution in [0.2, 0.25) is 0 Å². The molecule has 0 aliphatic rings. The maximum atomic E-state index is 11.2. The van der Waals surface area contributed by atoms with Crippen molar-refractivity contribution in [2.24, 2.45) is 0 Å². The Kier molecular flexibility index (Phi) is 4.69. The van der Waals surface area contributed by atoms with E-state index in [9.17, 15) is 25.1 Å². The lowest BCUT2D eigenvalue weighted by Crippen LogP contribution is -2.08. The average molecular weight is 319 g/mol. The second kappa shape index (κ2) is 6.69. The number of methoxy groups -OCH3 is 1. The lowest BCUT2D eigenvalue weighted by Gasteiger charge is -2.07. The van der Waals surface area contributed by atoms with Gasteiger partial charge in [-0.1, -0.05) is 12.1 Å². The van der Waals surface area contributed by atoms with Gasteiger partial charge in [-0.3, -0.25) is 14.9 Å². The van der Waals surface area contributed by atoms with Crippen LogP contribution in [0.15, 0.2) is 24.3 Å². The third-order valence-electron chi connectivity index (χ3n) is 3.07. The first kappa shape index (κ1) is 16.1. The van der Waals surface area contributed by atoms with Crippen molar-refractivity contribution in [3.63, 3.8) is 0 Å². The van der Waals surface area contributed by atoms with Gasteiger partial charge in [-0.05, 0) is 5.56 Å². The predicted molar refractivity (Wildman–Crippen MR) is 77.0 cm³/mol. The highest BCUT2D eigenvalue weighted by Crippen LogP contribution is 2.25. The van der Waals surface area contributed by atoms with E-state index < -0.39 is 22.7 Å². The molecule has 9 heteroatoms. The van der Waals surface area contributed by atoms with Gasteiger partial charge in [0.05, 0.1) is 24.0 Å². The van der Waals surface area contributed by atoms with E-state index in [1.165, 1.54) is 31.4 Å². The van der Waals surface area contributed by atoms with Crippen molar-refractivity contribution in [3.05, 3.63) is 51.3 Å². The van der Waals surface area contributed by atoms with E-state index in [0.29, 0.717) is 5.56 Å². The summed E-state index contributed by atoms with van der Waals surface area (Å²) in [6.45, 7) is 0. The van der Waals surface area contributed by atoms with Gasteiger partial charge in [0.2, 0.25) is 11.8 Å². The number of hydrogen-bond acceptors (Lipinski definition) is 8. The van der Waals surface area contributed by atoms with E-state index in [1.807, 2.05) is 0 Å². The fourth-order valence-corrected chi connectivity index (χ4v) is 1.88. The predicted octanol–water partition coefficient (Wildman–Crippen LogP) is 1.10. The van der Waals surface area contributed by atoms with E-state index in [-0.39, 0.29) is 29.9 Å². The summed E-state index contributed by atoms with van der Waals surface area (Å²) in [6, 6.07) is 5.72. The van der Waals surface area contributed by atoms with Crippen LogP contribution in [0.5, 0.6) is 11.8 Å². The third-order valence-corrected chi connectivity index (χ3v) is 3.07. The van der Waals surface area contributed by atoms with Gasteiger partial charge in [0.15, 0.2) is 0 Å². The van der Waals surface area contributed by atoms with Gasteiger partial charge in [0.1, 0.15) is 5.82 Å². The number of benzene rings is 1. The zero-order valence-corrected chi connectivity index (χ0v) is 12.1. The Labute approximate surface area is 130 Å². The molecule has 0 radical (unpaired) electrons. The fourth-order valence-electron chi connectivity index (χ4n) is 1.88. The quantitative estimate of drug-likeness (QED) is 0.475. The molecule has 0 aliphatic carbocycles. The number of esters is 1. The number of carbonyl (C=O) groups excluding carboxylic acids is 1. The molecule has 0 amide bonds. The molecule has 1 aromatic heterocycles. The molecule has 1 aromatic carbocycles. The molecule has 0 spiro atoms. The zero-order valence-electron chi connectivity index (χ0n) is 12.1. The molecule has 0 aliphatic heterocycles. The number of aromatic hydroxyl groups is 2. The number of nitro groups is 1. The summed E-state index contributed by atoms with van der Waals surface area (Å²) in [5, 5.41) is 30.2. The topological polar surface area (TPSA) is 136 Å². The van der Waals surface area contributed by atoms with Gasteiger partial charge in [-0.15, -0.1) is 0 Å². The highest BCUT2D eigenvalue weighted by atomic mass is 16.6. The molecule has 23 heavy (non-hydrogen) atoms. The summed E-state index contributed by atoms with van der Waals surface area (Å²) in [5.41, 5.74) is 0.494. The van der Waals surface area contributed by atoms with Crippen LogP contribution in [0, 0.1) is 10.1 Å². The average Bonchev–Trinajstić information content (AvgIpc) is 2.51. The minimum Gasteiger partial charge on any atom is -0.493 e. The van der Waals surface area contributed by atoms with Crippen LogP contribution in [0.3, 0.4) is 0 Å². The lowest BCUT2D eigenvalue weighted by molar-refractivity contribution is -0.384. The smallest absolute Gasteiger partial charge is 0.310 e. The Hall–Kier alpha value is -3.23. The number of non-ortho nitro benzene ring substituents is 1. The van der Waals surface area contributed by atoms with Crippen LogP contribution in [0.4, 0.5) is 5.69 Å². The van der Waals surface area contributed by atoms with E-state index in [4.69, 9.17) is 0 Å². The van der Waals surface area contributed by atoms with Crippen molar-refractivity contribution in [3.8, 4) is 11.8 Å². The van der Waals surface area contributed by atoms with E-state index in [1.54, 1.807) is 0 Å². The molecule has 0 unspecified atom stereocenters.